The number of hydrogen-bond acceptors (Lipinski definition) is 5. The first-order chi connectivity index (χ1) is 30.5. The minimum atomic E-state index is -0.669. The van der Waals surface area contributed by atoms with Gasteiger partial charge in [-0.15, -0.1) is 0 Å². The van der Waals surface area contributed by atoms with Crippen LogP contribution in [0.3, 0.4) is 0 Å². The number of rotatable bonds is 52. The van der Waals surface area contributed by atoms with Gasteiger partial charge in [-0.2, -0.15) is 0 Å². The Morgan fingerprint density at radius 1 is 0.435 bits per heavy atom. The van der Waals surface area contributed by atoms with Gasteiger partial charge in [0.2, 0.25) is 5.91 Å². The molecule has 0 saturated heterocycles. The van der Waals surface area contributed by atoms with Crippen molar-refractivity contribution in [2.24, 2.45) is 0 Å². The van der Waals surface area contributed by atoms with E-state index in [2.05, 4.69) is 31.3 Å². The van der Waals surface area contributed by atoms with Crippen molar-refractivity contribution in [1.29, 1.82) is 0 Å². The van der Waals surface area contributed by atoms with Crippen molar-refractivity contribution < 1.29 is 24.5 Å². The van der Waals surface area contributed by atoms with Crippen LogP contribution in [0.5, 0.6) is 0 Å². The average molecular weight is 876 g/mol. The normalized spacial score (nSPS) is 12.6. The van der Waals surface area contributed by atoms with Crippen LogP contribution in [0.15, 0.2) is 12.2 Å². The molecule has 6 nitrogen and oxygen atoms in total. The number of ether oxygens (including phenoxy) is 1. The number of hydrogen-bond donors (Lipinski definition) is 3. The van der Waals surface area contributed by atoms with Crippen LogP contribution >= 0.6 is 0 Å². The predicted octanol–water partition coefficient (Wildman–Crippen LogP) is 16.9. The van der Waals surface area contributed by atoms with Gasteiger partial charge in [-0.3, -0.25) is 9.59 Å². The molecule has 2 unspecified atom stereocenters. The van der Waals surface area contributed by atoms with Crippen molar-refractivity contribution in [3.8, 4) is 0 Å². The molecule has 0 spiro atoms. The van der Waals surface area contributed by atoms with Gasteiger partial charge < -0.3 is 20.3 Å². The first-order valence-electron chi connectivity index (χ1n) is 27.9. The number of esters is 1. The zero-order valence-electron chi connectivity index (χ0n) is 41.9. The van der Waals surface area contributed by atoms with Gasteiger partial charge in [0, 0.05) is 12.8 Å². The van der Waals surface area contributed by atoms with Crippen molar-refractivity contribution >= 4 is 11.9 Å². The summed E-state index contributed by atoms with van der Waals surface area (Å²) in [6.07, 6.45) is 60.4. The molecule has 0 aromatic heterocycles. The monoisotopic (exact) mass is 876 g/mol. The molecule has 1 amide bonds. The highest BCUT2D eigenvalue weighted by Crippen LogP contribution is 2.17. The molecule has 0 heterocycles. The molecule has 0 rings (SSSR count). The molecule has 0 aliphatic carbocycles. The van der Waals surface area contributed by atoms with Crippen molar-refractivity contribution in [1.82, 2.24) is 5.32 Å². The highest BCUT2D eigenvalue weighted by molar-refractivity contribution is 5.76. The molecule has 368 valence electrons. The Morgan fingerprint density at radius 3 is 1.15 bits per heavy atom. The first kappa shape index (κ1) is 60.6. The standard InChI is InChI=1S/C56H109NO5/c1-3-5-7-9-11-13-15-17-19-21-24-28-32-36-40-44-48-54(59)53(52-58)57-55(60)49-45-41-37-33-29-25-22-20-23-27-31-35-39-43-47-51-62-56(61)50-46-42-38-34-30-26-18-16-14-12-10-8-6-4-2/h16,18,53-54,58-59H,3-15,17,19-52H2,1-2H3,(H,57,60)/b18-16-. The largest absolute Gasteiger partial charge is 0.466 e. The van der Waals surface area contributed by atoms with E-state index in [-0.39, 0.29) is 18.5 Å². The minimum Gasteiger partial charge on any atom is -0.466 e. The van der Waals surface area contributed by atoms with Crippen LogP contribution < -0.4 is 5.32 Å². The molecule has 0 aromatic rings. The van der Waals surface area contributed by atoms with Gasteiger partial charge in [0.05, 0.1) is 25.4 Å². The van der Waals surface area contributed by atoms with Gasteiger partial charge >= 0.3 is 5.97 Å². The van der Waals surface area contributed by atoms with Crippen LogP contribution in [0.1, 0.15) is 309 Å². The number of carbonyl (C=O) groups excluding carboxylic acids is 2. The lowest BCUT2D eigenvalue weighted by molar-refractivity contribution is -0.143. The van der Waals surface area contributed by atoms with Crippen molar-refractivity contribution in [3.05, 3.63) is 12.2 Å². The number of aliphatic hydroxyl groups is 2. The molecule has 6 heteroatoms. The summed E-state index contributed by atoms with van der Waals surface area (Å²) in [5, 5.41) is 23.3. The van der Waals surface area contributed by atoms with Crippen LogP contribution in [0, 0.1) is 0 Å². The molecular weight excluding hydrogens is 767 g/mol. The third-order valence-corrected chi connectivity index (χ3v) is 13.1. The van der Waals surface area contributed by atoms with Crippen molar-refractivity contribution in [3.63, 3.8) is 0 Å². The average Bonchev–Trinajstić information content (AvgIpc) is 3.27. The van der Waals surface area contributed by atoms with Crippen LogP contribution in [-0.4, -0.2) is 47.4 Å². The summed E-state index contributed by atoms with van der Waals surface area (Å²) in [5.74, 6) is -0.0490. The molecular formula is C56H109NO5. The van der Waals surface area contributed by atoms with Crippen LogP contribution in [0.25, 0.3) is 0 Å². The van der Waals surface area contributed by atoms with Crippen LogP contribution in [0.2, 0.25) is 0 Å². The number of aliphatic hydroxyl groups excluding tert-OH is 2. The van der Waals surface area contributed by atoms with Crippen molar-refractivity contribution in [2.45, 2.75) is 321 Å². The second-order valence-electron chi connectivity index (χ2n) is 19.3. The van der Waals surface area contributed by atoms with E-state index in [1.165, 1.54) is 225 Å². The third kappa shape index (κ3) is 48.1. The maximum Gasteiger partial charge on any atom is 0.305 e. The summed E-state index contributed by atoms with van der Waals surface area (Å²) in [6, 6.07) is -0.547. The first-order valence-corrected chi connectivity index (χ1v) is 27.9. The molecule has 2 atom stereocenters. The molecule has 0 aromatic carbocycles. The van der Waals surface area contributed by atoms with Gasteiger partial charge in [0.1, 0.15) is 0 Å². The summed E-state index contributed by atoms with van der Waals surface area (Å²) >= 11 is 0. The molecule has 0 aliphatic rings. The highest BCUT2D eigenvalue weighted by Gasteiger charge is 2.20. The van der Waals surface area contributed by atoms with E-state index in [4.69, 9.17) is 4.74 Å². The molecule has 62 heavy (non-hydrogen) atoms. The van der Waals surface area contributed by atoms with Gasteiger partial charge in [-0.1, -0.05) is 257 Å². The summed E-state index contributed by atoms with van der Waals surface area (Å²) in [4.78, 5) is 24.5. The summed E-state index contributed by atoms with van der Waals surface area (Å²) in [7, 11) is 0. The number of allylic oxidation sites excluding steroid dienone is 2. The SMILES string of the molecule is CCCCCCC/C=C\CCCCCCCC(=O)OCCCCCCCCCCCCCCCCCC(=O)NC(CO)C(O)CCCCCCCCCCCCCCCCCC. The number of amides is 1. The van der Waals surface area contributed by atoms with Crippen LogP contribution in [-0.2, 0) is 14.3 Å². The Labute approximate surface area is 387 Å². The fraction of sp³-hybridized carbons (Fsp3) is 0.929. The van der Waals surface area contributed by atoms with Gasteiger partial charge in [0.15, 0.2) is 0 Å². The fourth-order valence-electron chi connectivity index (χ4n) is 8.75. The zero-order chi connectivity index (χ0) is 45.1. The van der Waals surface area contributed by atoms with E-state index in [0.717, 1.165) is 51.4 Å². The summed E-state index contributed by atoms with van der Waals surface area (Å²) < 4.78 is 5.46. The van der Waals surface area contributed by atoms with Crippen molar-refractivity contribution in [2.75, 3.05) is 13.2 Å². The third-order valence-electron chi connectivity index (χ3n) is 13.1. The molecule has 0 radical (unpaired) electrons. The summed E-state index contributed by atoms with van der Waals surface area (Å²) in [5.41, 5.74) is 0. The zero-order valence-corrected chi connectivity index (χ0v) is 41.9. The number of nitrogens with one attached hydrogen (secondary N) is 1. The van der Waals surface area contributed by atoms with Gasteiger partial charge in [0.25, 0.3) is 0 Å². The number of carbonyl (C=O) groups is 2. The lowest BCUT2D eigenvalue weighted by Gasteiger charge is -2.22. The maximum atomic E-state index is 12.5. The minimum absolute atomic E-state index is 0.00728. The summed E-state index contributed by atoms with van der Waals surface area (Å²) in [6.45, 7) is 4.94. The van der Waals surface area contributed by atoms with Crippen LogP contribution in [0.4, 0.5) is 0 Å². The molecule has 0 bridgehead atoms. The Bertz CT molecular complexity index is 924. The quantitative estimate of drug-likeness (QED) is 0.0321. The van der Waals surface area contributed by atoms with E-state index in [1.807, 2.05) is 0 Å². The topological polar surface area (TPSA) is 95.9 Å². The van der Waals surface area contributed by atoms with Gasteiger partial charge in [-0.05, 0) is 51.4 Å². The lowest BCUT2D eigenvalue weighted by Crippen LogP contribution is -2.45. The Morgan fingerprint density at radius 2 is 0.758 bits per heavy atom. The second kappa shape index (κ2) is 52.2. The fourth-order valence-corrected chi connectivity index (χ4v) is 8.75. The lowest BCUT2D eigenvalue weighted by atomic mass is 10.0. The molecule has 0 saturated carbocycles. The maximum absolute atomic E-state index is 12.5. The smallest absolute Gasteiger partial charge is 0.305 e. The van der Waals surface area contributed by atoms with E-state index in [9.17, 15) is 19.8 Å². The number of unbranched alkanes of at least 4 members (excludes halogenated alkanes) is 39. The second-order valence-corrected chi connectivity index (χ2v) is 19.3. The Balaban J connectivity index is 3.43. The Hall–Kier alpha value is -1.40. The van der Waals surface area contributed by atoms with Gasteiger partial charge in [-0.25, -0.2) is 0 Å². The predicted molar refractivity (Wildman–Crippen MR) is 269 cm³/mol. The van der Waals surface area contributed by atoms with E-state index in [0.29, 0.717) is 25.9 Å². The van der Waals surface area contributed by atoms with E-state index < -0.39 is 12.1 Å². The Kier molecular flexibility index (Phi) is 51.0. The molecule has 0 aliphatic heterocycles. The van der Waals surface area contributed by atoms with E-state index >= 15 is 0 Å². The highest BCUT2D eigenvalue weighted by atomic mass is 16.5. The molecule has 3 N–H and O–H groups in total. The van der Waals surface area contributed by atoms with E-state index in [1.54, 1.807) is 0 Å². The molecule has 0 fully saturated rings.